The maximum atomic E-state index is 12.3. The smallest absolute Gasteiger partial charge is 0.326 e. The van der Waals surface area contributed by atoms with Crippen LogP contribution >= 0.6 is 0 Å². The molecule has 0 saturated carbocycles. The first-order valence-corrected chi connectivity index (χ1v) is 7.12. The summed E-state index contributed by atoms with van der Waals surface area (Å²) >= 11 is 0. The van der Waals surface area contributed by atoms with E-state index in [4.69, 9.17) is 4.74 Å². The number of carboxylic acids is 1. The van der Waals surface area contributed by atoms with E-state index in [9.17, 15) is 14.7 Å². The highest BCUT2D eigenvalue weighted by atomic mass is 16.5. The molecular weight excluding hydrogens is 270 g/mol. The molecule has 1 aliphatic heterocycles. The number of aryl methyl sites for hydroxylation is 2. The zero-order valence-corrected chi connectivity index (χ0v) is 12.4. The number of carbonyl (C=O) groups is 2. The molecule has 5 nitrogen and oxygen atoms in total. The van der Waals surface area contributed by atoms with Gasteiger partial charge in [-0.05, 0) is 18.9 Å². The largest absolute Gasteiger partial charge is 0.480 e. The molecule has 1 N–H and O–H groups in total. The first kappa shape index (κ1) is 15.5. The molecule has 2 unspecified atom stereocenters. The van der Waals surface area contributed by atoms with Gasteiger partial charge in [0.25, 0.3) is 0 Å². The molecule has 0 aromatic heterocycles. The fourth-order valence-electron chi connectivity index (χ4n) is 2.74. The fourth-order valence-corrected chi connectivity index (χ4v) is 2.74. The lowest BCUT2D eigenvalue weighted by Gasteiger charge is -2.21. The molecule has 1 saturated heterocycles. The van der Waals surface area contributed by atoms with E-state index >= 15 is 0 Å². The first-order chi connectivity index (χ1) is 10.0. The molecule has 0 radical (unpaired) electrons. The minimum atomic E-state index is -0.960. The molecule has 21 heavy (non-hydrogen) atoms. The van der Waals surface area contributed by atoms with Crippen LogP contribution in [-0.2, 0) is 20.7 Å². The van der Waals surface area contributed by atoms with E-state index in [-0.39, 0.29) is 12.0 Å². The van der Waals surface area contributed by atoms with Gasteiger partial charge in [-0.1, -0.05) is 29.8 Å². The molecule has 1 amide bonds. The zero-order valence-electron chi connectivity index (χ0n) is 12.4. The van der Waals surface area contributed by atoms with Crippen LogP contribution in [0.15, 0.2) is 24.3 Å². The molecule has 0 aliphatic carbocycles. The van der Waals surface area contributed by atoms with E-state index in [1.54, 1.807) is 7.11 Å². The Morgan fingerprint density at radius 3 is 2.81 bits per heavy atom. The Morgan fingerprint density at radius 1 is 1.43 bits per heavy atom. The Balaban J connectivity index is 1.97. The number of hydrogen-bond acceptors (Lipinski definition) is 3. The third-order valence-corrected chi connectivity index (χ3v) is 3.91. The van der Waals surface area contributed by atoms with Gasteiger partial charge in [0.2, 0.25) is 5.91 Å². The third kappa shape index (κ3) is 3.82. The van der Waals surface area contributed by atoms with E-state index in [2.05, 4.69) is 0 Å². The number of carboxylic acid groups (broad SMARTS) is 1. The van der Waals surface area contributed by atoms with Gasteiger partial charge in [-0.25, -0.2) is 4.79 Å². The van der Waals surface area contributed by atoms with Crippen molar-refractivity contribution in [1.82, 2.24) is 4.90 Å². The summed E-state index contributed by atoms with van der Waals surface area (Å²) in [6.07, 6.45) is 1.13. The first-order valence-electron chi connectivity index (χ1n) is 7.12. The highest BCUT2D eigenvalue weighted by molar-refractivity contribution is 5.84. The summed E-state index contributed by atoms with van der Waals surface area (Å²) in [5.41, 5.74) is 2.25. The van der Waals surface area contributed by atoms with Crippen molar-refractivity contribution < 1.29 is 19.4 Å². The molecule has 1 aromatic rings. The van der Waals surface area contributed by atoms with E-state index in [0.717, 1.165) is 11.1 Å². The maximum absolute atomic E-state index is 12.3. The lowest BCUT2D eigenvalue weighted by atomic mass is 10.1. The second-order valence-corrected chi connectivity index (χ2v) is 5.48. The number of aliphatic carboxylic acids is 1. The van der Waals surface area contributed by atoms with Crippen molar-refractivity contribution in [3.8, 4) is 0 Å². The van der Waals surface area contributed by atoms with E-state index in [1.807, 2.05) is 31.2 Å². The number of benzene rings is 1. The molecular formula is C16H21NO4. The minimum absolute atomic E-state index is 0.122. The molecule has 5 heteroatoms. The molecule has 2 atom stereocenters. The summed E-state index contributed by atoms with van der Waals surface area (Å²) in [7, 11) is 1.55. The number of methoxy groups -OCH3 is 1. The number of hydrogen-bond donors (Lipinski definition) is 1. The summed E-state index contributed by atoms with van der Waals surface area (Å²) in [6.45, 7) is 2.37. The second kappa shape index (κ2) is 6.72. The van der Waals surface area contributed by atoms with Crippen molar-refractivity contribution in [2.24, 2.45) is 0 Å². The Bertz CT molecular complexity index is 529. The number of carbonyl (C=O) groups excluding carboxylic acids is 1. The summed E-state index contributed by atoms with van der Waals surface area (Å²) in [4.78, 5) is 25.0. The van der Waals surface area contributed by atoms with Gasteiger partial charge in [0, 0.05) is 26.5 Å². The van der Waals surface area contributed by atoms with Crippen LogP contribution in [0.3, 0.4) is 0 Å². The molecule has 1 aliphatic rings. The average molecular weight is 291 g/mol. The number of nitrogens with zero attached hydrogens (tertiary/aromatic N) is 1. The molecule has 1 fully saturated rings. The van der Waals surface area contributed by atoms with Crippen molar-refractivity contribution >= 4 is 11.9 Å². The van der Waals surface area contributed by atoms with Gasteiger partial charge in [-0.15, -0.1) is 0 Å². The summed E-state index contributed by atoms with van der Waals surface area (Å²) in [6, 6.07) is 7.24. The molecule has 1 aromatic carbocycles. The van der Waals surface area contributed by atoms with Gasteiger partial charge in [-0.3, -0.25) is 4.79 Å². The van der Waals surface area contributed by atoms with Crippen LogP contribution in [0, 0.1) is 6.92 Å². The van der Waals surface area contributed by atoms with Crippen LogP contribution in [0.1, 0.15) is 24.0 Å². The SMILES string of the molecule is COC1CC(C(=O)O)N(C(=O)CCc2cccc(C)c2)C1. The van der Waals surface area contributed by atoms with Crippen LogP contribution in [0.5, 0.6) is 0 Å². The van der Waals surface area contributed by atoms with Crippen molar-refractivity contribution in [2.45, 2.75) is 38.3 Å². The van der Waals surface area contributed by atoms with Gasteiger partial charge in [-0.2, -0.15) is 0 Å². The molecule has 2 rings (SSSR count). The highest BCUT2D eigenvalue weighted by Gasteiger charge is 2.39. The number of likely N-dealkylation sites (tertiary alicyclic amines) is 1. The number of rotatable bonds is 5. The number of ether oxygens (including phenoxy) is 1. The molecule has 1 heterocycles. The minimum Gasteiger partial charge on any atom is -0.480 e. The molecule has 0 bridgehead atoms. The standard InChI is InChI=1S/C16H21NO4/c1-11-4-3-5-12(8-11)6-7-15(18)17-10-13(21-2)9-14(17)16(19)20/h3-5,8,13-14H,6-7,9-10H2,1-2H3,(H,19,20). The predicted octanol–water partition coefficient (Wildman–Crippen LogP) is 1.63. The highest BCUT2D eigenvalue weighted by Crippen LogP contribution is 2.21. The van der Waals surface area contributed by atoms with Gasteiger partial charge in [0.05, 0.1) is 6.10 Å². The van der Waals surface area contributed by atoms with Crippen molar-refractivity contribution in [3.05, 3.63) is 35.4 Å². The normalized spacial score (nSPS) is 21.5. The topological polar surface area (TPSA) is 66.8 Å². The van der Waals surface area contributed by atoms with Crippen LogP contribution in [0.25, 0.3) is 0 Å². The van der Waals surface area contributed by atoms with Crippen molar-refractivity contribution in [2.75, 3.05) is 13.7 Å². The van der Waals surface area contributed by atoms with E-state index < -0.39 is 12.0 Å². The van der Waals surface area contributed by atoms with Crippen LogP contribution < -0.4 is 0 Å². The third-order valence-electron chi connectivity index (χ3n) is 3.91. The van der Waals surface area contributed by atoms with Gasteiger partial charge < -0.3 is 14.7 Å². The van der Waals surface area contributed by atoms with E-state index in [1.165, 1.54) is 4.90 Å². The van der Waals surface area contributed by atoms with Crippen LogP contribution in [0.4, 0.5) is 0 Å². The Labute approximate surface area is 124 Å². The van der Waals surface area contributed by atoms with Crippen molar-refractivity contribution in [3.63, 3.8) is 0 Å². The monoisotopic (exact) mass is 291 g/mol. The van der Waals surface area contributed by atoms with Gasteiger partial charge >= 0.3 is 5.97 Å². The number of amides is 1. The quantitative estimate of drug-likeness (QED) is 0.895. The molecule has 0 spiro atoms. The van der Waals surface area contributed by atoms with Gasteiger partial charge in [0.15, 0.2) is 0 Å². The lowest BCUT2D eigenvalue weighted by Crippen LogP contribution is -2.40. The summed E-state index contributed by atoms with van der Waals surface area (Å²) in [5.74, 6) is -1.08. The zero-order chi connectivity index (χ0) is 15.4. The fraction of sp³-hybridized carbons (Fsp3) is 0.500. The Hall–Kier alpha value is -1.88. The van der Waals surface area contributed by atoms with E-state index in [0.29, 0.717) is 25.8 Å². The Morgan fingerprint density at radius 2 is 2.19 bits per heavy atom. The van der Waals surface area contributed by atoms with Crippen molar-refractivity contribution in [1.29, 1.82) is 0 Å². The molecule has 114 valence electrons. The summed E-state index contributed by atoms with van der Waals surface area (Å²) in [5, 5.41) is 9.22. The van der Waals surface area contributed by atoms with Crippen LogP contribution in [0.2, 0.25) is 0 Å². The Kier molecular flexibility index (Phi) is 4.96. The second-order valence-electron chi connectivity index (χ2n) is 5.48. The predicted molar refractivity (Wildman–Crippen MR) is 78.1 cm³/mol. The average Bonchev–Trinajstić information content (AvgIpc) is 2.89. The summed E-state index contributed by atoms with van der Waals surface area (Å²) < 4.78 is 5.19. The lowest BCUT2D eigenvalue weighted by molar-refractivity contribution is -0.148. The van der Waals surface area contributed by atoms with Gasteiger partial charge in [0.1, 0.15) is 6.04 Å². The maximum Gasteiger partial charge on any atom is 0.326 e. The van der Waals surface area contributed by atoms with Crippen LogP contribution in [-0.4, -0.2) is 47.7 Å².